The topological polar surface area (TPSA) is 114 Å². The number of nitrogens with zero attached hydrogens (tertiary/aromatic N) is 3. The Hall–Kier alpha value is -3.50. The van der Waals surface area contributed by atoms with E-state index >= 15 is 0 Å². The first-order valence-electron chi connectivity index (χ1n) is 10.6. The molecule has 3 amide bonds. The molecule has 0 atom stereocenters. The molecule has 0 spiro atoms. The molecule has 1 aliphatic rings. The third kappa shape index (κ3) is 5.70. The Bertz CT molecular complexity index is 1190. The van der Waals surface area contributed by atoms with Crippen molar-refractivity contribution in [1.82, 2.24) is 15.1 Å². The van der Waals surface area contributed by atoms with Crippen LogP contribution in [0.1, 0.15) is 43.9 Å². The summed E-state index contributed by atoms with van der Waals surface area (Å²) in [5.74, 6) is -0.628. The van der Waals surface area contributed by atoms with Gasteiger partial charge in [-0.15, -0.1) is 10.2 Å². The summed E-state index contributed by atoms with van der Waals surface area (Å²) in [6.07, 6.45) is 1.44. The third-order valence-corrected chi connectivity index (χ3v) is 6.73. The number of aromatic nitrogens is 2. The fourth-order valence-corrected chi connectivity index (χ4v) is 4.68. The van der Waals surface area contributed by atoms with Crippen LogP contribution in [0.2, 0.25) is 5.02 Å². The Morgan fingerprint density at radius 1 is 1.03 bits per heavy atom. The molecule has 0 unspecified atom stereocenters. The summed E-state index contributed by atoms with van der Waals surface area (Å²) in [5.41, 5.74) is 1.60. The first kappa shape index (κ1) is 23.7. The smallest absolute Gasteiger partial charge is 0.337 e. The maximum atomic E-state index is 12.6. The van der Waals surface area contributed by atoms with Crippen LogP contribution in [0.3, 0.4) is 0 Å². The van der Waals surface area contributed by atoms with E-state index < -0.39 is 5.97 Å². The Morgan fingerprint density at radius 2 is 1.76 bits per heavy atom. The molecule has 11 heteroatoms. The normalized spacial score (nSPS) is 13.9. The van der Waals surface area contributed by atoms with Gasteiger partial charge in [0.25, 0.3) is 5.91 Å². The molecule has 2 N–H and O–H groups in total. The number of amides is 3. The number of anilines is 2. The van der Waals surface area contributed by atoms with Crippen molar-refractivity contribution < 1.29 is 19.1 Å². The minimum absolute atomic E-state index is 0.133. The van der Waals surface area contributed by atoms with E-state index in [1.807, 2.05) is 0 Å². The zero-order valence-corrected chi connectivity index (χ0v) is 19.9. The van der Waals surface area contributed by atoms with Crippen molar-refractivity contribution in [1.29, 1.82) is 0 Å². The Balaban J connectivity index is 1.29. The van der Waals surface area contributed by atoms with Gasteiger partial charge in [-0.05, 0) is 55.3 Å². The van der Waals surface area contributed by atoms with Crippen molar-refractivity contribution in [2.45, 2.75) is 18.8 Å². The molecule has 1 saturated heterocycles. The van der Waals surface area contributed by atoms with Crippen molar-refractivity contribution in [2.24, 2.45) is 0 Å². The molecule has 0 saturated carbocycles. The summed E-state index contributed by atoms with van der Waals surface area (Å²) in [4.78, 5) is 38.3. The second-order valence-electron chi connectivity index (χ2n) is 7.67. The third-order valence-electron chi connectivity index (χ3n) is 5.41. The molecule has 1 aromatic heterocycles. The number of carbonyl (C=O) groups excluding carboxylic acids is 3. The molecular formula is C23H22ClN5O4S. The molecule has 1 fully saturated rings. The van der Waals surface area contributed by atoms with E-state index in [4.69, 9.17) is 11.6 Å². The Morgan fingerprint density at radius 3 is 2.44 bits per heavy atom. The van der Waals surface area contributed by atoms with Crippen LogP contribution in [-0.2, 0) is 4.74 Å². The van der Waals surface area contributed by atoms with Crippen LogP contribution in [0, 0.1) is 0 Å². The van der Waals surface area contributed by atoms with Crippen LogP contribution in [0.5, 0.6) is 0 Å². The van der Waals surface area contributed by atoms with Crippen LogP contribution in [0.15, 0.2) is 48.5 Å². The van der Waals surface area contributed by atoms with E-state index in [0.29, 0.717) is 35.1 Å². The first-order chi connectivity index (χ1) is 16.4. The molecule has 2 heterocycles. The number of ether oxygens (including phenoxy) is 1. The van der Waals surface area contributed by atoms with E-state index in [1.54, 1.807) is 53.4 Å². The van der Waals surface area contributed by atoms with Gasteiger partial charge < -0.3 is 20.3 Å². The van der Waals surface area contributed by atoms with E-state index in [0.717, 1.165) is 17.8 Å². The highest BCUT2D eigenvalue weighted by Crippen LogP contribution is 2.30. The van der Waals surface area contributed by atoms with Crippen molar-refractivity contribution in [3.8, 4) is 0 Å². The maximum Gasteiger partial charge on any atom is 0.337 e. The van der Waals surface area contributed by atoms with Crippen molar-refractivity contribution in [3.05, 3.63) is 69.1 Å². The molecule has 9 nitrogen and oxygen atoms in total. The number of halogens is 1. The van der Waals surface area contributed by atoms with Gasteiger partial charge in [-0.2, -0.15) is 0 Å². The average molecular weight is 500 g/mol. The van der Waals surface area contributed by atoms with Gasteiger partial charge in [0.05, 0.1) is 12.7 Å². The van der Waals surface area contributed by atoms with Gasteiger partial charge in [0.15, 0.2) is 0 Å². The summed E-state index contributed by atoms with van der Waals surface area (Å²) in [7, 11) is 1.32. The number of methoxy groups -OCH3 is 1. The number of carbonyl (C=O) groups is 3. The second-order valence-corrected chi connectivity index (χ2v) is 9.12. The molecule has 0 bridgehead atoms. The largest absolute Gasteiger partial charge is 0.465 e. The Kier molecular flexibility index (Phi) is 7.39. The van der Waals surface area contributed by atoms with Gasteiger partial charge in [0.1, 0.15) is 5.01 Å². The van der Waals surface area contributed by atoms with Gasteiger partial charge >= 0.3 is 12.0 Å². The van der Waals surface area contributed by atoms with Crippen LogP contribution in [0.4, 0.5) is 16.2 Å². The van der Waals surface area contributed by atoms with E-state index in [1.165, 1.54) is 18.4 Å². The van der Waals surface area contributed by atoms with Crippen molar-refractivity contribution in [2.75, 3.05) is 30.8 Å². The lowest BCUT2D eigenvalue weighted by atomic mass is 9.98. The predicted octanol–water partition coefficient (Wildman–Crippen LogP) is 4.64. The molecule has 2 aromatic carbocycles. The number of esters is 1. The molecule has 1 aliphatic heterocycles. The lowest BCUT2D eigenvalue weighted by Crippen LogP contribution is -2.40. The maximum absolute atomic E-state index is 12.6. The quantitative estimate of drug-likeness (QED) is 0.494. The molecule has 34 heavy (non-hydrogen) atoms. The van der Waals surface area contributed by atoms with Crippen LogP contribution in [0.25, 0.3) is 0 Å². The van der Waals surface area contributed by atoms with E-state index in [-0.39, 0.29) is 22.9 Å². The summed E-state index contributed by atoms with van der Waals surface area (Å²) in [6, 6.07) is 13.2. The van der Waals surface area contributed by atoms with Crippen LogP contribution >= 0.6 is 22.9 Å². The standard InChI is InChI=1S/C23H22ClN5O4S/c1-33-22(31)15-5-7-17(8-6-15)26-23(32)29-11-9-14(10-12-29)20-27-28-21(34-20)19(30)25-18-4-2-3-16(24)13-18/h2-8,13-14H,9-12H2,1H3,(H,25,30)(H,26,32). The van der Waals surface area contributed by atoms with Gasteiger partial charge in [0.2, 0.25) is 5.01 Å². The number of hydrogen-bond donors (Lipinski definition) is 2. The first-order valence-corrected chi connectivity index (χ1v) is 11.8. The highest BCUT2D eigenvalue weighted by molar-refractivity contribution is 7.13. The summed E-state index contributed by atoms with van der Waals surface area (Å²) in [6.45, 7) is 1.11. The molecule has 176 valence electrons. The minimum Gasteiger partial charge on any atom is -0.465 e. The van der Waals surface area contributed by atoms with Gasteiger partial charge in [-0.1, -0.05) is 29.0 Å². The molecule has 0 radical (unpaired) electrons. The number of hydrogen-bond acceptors (Lipinski definition) is 7. The summed E-state index contributed by atoms with van der Waals surface area (Å²) >= 11 is 7.22. The molecular weight excluding hydrogens is 478 g/mol. The molecule has 4 rings (SSSR count). The second kappa shape index (κ2) is 10.6. The highest BCUT2D eigenvalue weighted by Gasteiger charge is 2.27. The molecule has 0 aliphatic carbocycles. The number of benzene rings is 2. The zero-order chi connectivity index (χ0) is 24.1. The summed E-state index contributed by atoms with van der Waals surface area (Å²) in [5, 5.41) is 15.5. The predicted molar refractivity (Wildman–Crippen MR) is 130 cm³/mol. The number of rotatable bonds is 5. The zero-order valence-electron chi connectivity index (χ0n) is 18.3. The fraction of sp³-hybridized carbons (Fsp3) is 0.261. The van der Waals surface area contributed by atoms with Gasteiger partial charge in [0, 0.05) is 35.4 Å². The number of nitrogens with one attached hydrogen (secondary N) is 2. The van der Waals surface area contributed by atoms with Crippen LogP contribution in [-0.4, -0.2) is 53.2 Å². The van der Waals surface area contributed by atoms with E-state index in [9.17, 15) is 14.4 Å². The fourth-order valence-electron chi connectivity index (χ4n) is 3.58. The minimum atomic E-state index is -0.429. The lowest BCUT2D eigenvalue weighted by molar-refractivity contribution is 0.0600. The SMILES string of the molecule is COC(=O)c1ccc(NC(=O)N2CCC(c3nnc(C(=O)Nc4cccc(Cl)c4)s3)CC2)cc1. The van der Waals surface area contributed by atoms with Gasteiger partial charge in [-0.3, -0.25) is 4.79 Å². The highest BCUT2D eigenvalue weighted by atomic mass is 35.5. The van der Waals surface area contributed by atoms with E-state index in [2.05, 4.69) is 25.6 Å². The molecule has 3 aromatic rings. The van der Waals surface area contributed by atoms with Crippen molar-refractivity contribution >= 4 is 52.2 Å². The Labute approximate surface area is 205 Å². The van der Waals surface area contributed by atoms with Gasteiger partial charge in [-0.25, -0.2) is 9.59 Å². The number of piperidine rings is 1. The van der Waals surface area contributed by atoms with Crippen molar-refractivity contribution in [3.63, 3.8) is 0 Å². The monoisotopic (exact) mass is 499 g/mol. The number of likely N-dealkylation sites (tertiary alicyclic amines) is 1. The lowest BCUT2D eigenvalue weighted by Gasteiger charge is -2.31. The average Bonchev–Trinajstić information content (AvgIpc) is 3.35. The number of urea groups is 1. The van der Waals surface area contributed by atoms with Crippen LogP contribution < -0.4 is 10.6 Å². The summed E-state index contributed by atoms with van der Waals surface area (Å²) < 4.78 is 4.67.